The molecule has 5 rings (SSSR count). The number of fused-ring (bicyclic) bond motifs is 3. The van der Waals surface area contributed by atoms with Crippen molar-refractivity contribution in [1.29, 1.82) is 0 Å². The van der Waals surface area contributed by atoms with Crippen LogP contribution in [0.25, 0.3) is 11.3 Å². The van der Waals surface area contributed by atoms with E-state index in [4.69, 9.17) is 9.72 Å². The van der Waals surface area contributed by atoms with E-state index in [0.717, 1.165) is 75.0 Å². The average Bonchev–Trinajstić information content (AvgIpc) is 3.62. The zero-order valence-electron chi connectivity index (χ0n) is 25.2. The molecule has 41 heavy (non-hydrogen) atoms. The fraction of sp³-hybridized carbons (Fsp3) is 0.625. The van der Waals surface area contributed by atoms with Gasteiger partial charge >= 0.3 is 6.09 Å². The molecular formula is C32H45N5O4. The van der Waals surface area contributed by atoms with Gasteiger partial charge in [-0.3, -0.25) is 14.5 Å². The quantitative estimate of drug-likeness (QED) is 0.505. The molecule has 0 spiro atoms. The summed E-state index contributed by atoms with van der Waals surface area (Å²) in [7, 11) is 1.56. The van der Waals surface area contributed by atoms with Gasteiger partial charge in [0.1, 0.15) is 23.5 Å². The first-order valence-electron chi connectivity index (χ1n) is 15.3. The standard InChI is InChI=1S/C32H45N5O4/c1-20(36(5)31(40)41-32(2,3)4)29(38)35-26(22-13-7-6-8-14-22)30(39)37-19-11-16-25(37)28-33-24-18-17-21-12-9-10-15-23(21)27(24)34-28/h9-10,12,15,20,22,25-26H,6-8,11,13-14,16-19H2,1-5H3,(H,33,34)(H,35,38)/t20-,25?,26-/m0/s1. The largest absolute Gasteiger partial charge is 0.444 e. The molecule has 9 heteroatoms. The highest BCUT2D eigenvalue weighted by Crippen LogP contribution is 2.38. The summed E-state index contributed by atoms with van der Waals surface area (Å²) in [6.07, 6.45) is 8.09. The Labute approximate surface area is 243 Å². The molecule has 3 aliphatic rings. The number of hydrogen-bond donors (Lipinski definition) is 2. The van der Waals surface area contributed by atoms with Crippen LogP contribution in [0.3, 0.4) is 0 Å². The number of carbonyl (C=O) groups is 3. The van der Waals surface area contributed by atoms with Crippen LogP contribution in [0.5, 0.6) is 0 Å². The van der Waals surface area contributed by atoms with E-state index in [1.165, 1.54) is 16.0 Å². The minimum atomic E-state index is -0.782. The lowest BCUT2D eigenvalue weighted by molar-refractivity contribution is -0.140. The minimum absolute atomic E-state index is 0.0466. The van der Waals surface area contributed by atoms with Gasteiger partial charge in [0.05, 0.1) is 11.7 Å². The van der Waals surface area contributed by atoms with Crippen LogP contribution < -0.4 is 5.32 Å². The van der Waals surface area contributed by atoms with Crippen LogP contribution in [0.15, 0.2) is 24.3 Å². The fourth-order valence-corrected chi connectivity index (χ4v) is 6.50. The zero-order valence-corrected chi connectivity index (χ0v) is 25.2. The van der Waals surface area contributed by atoms with Crippen LogP contribution in [0.4, 0.5) is 4.79 Å². The first-order chi connectivity index (χ1) is 19.5. The number of hydrogen-bond acceptors (Lipinski definition) is 5. The summed E-state index contributed by atoms with van der Waals surface area (Å²) in [6, 6.07) is 6.84. The van der Waals surface area contributed by atoms with Crippen molar-refractivity contribution in [2.45, 2.75) is 109 Å². The van der Waals surface area contributed by atoms with Crippen molar-refractivity contribution in [1.82, 2.24) is 25.1 Å². The van der Waals surface area contributed by atoms with E-state index in [2.05, 4.69) is 28.5 Å². The molecule has 1 saturated carbocycles. The maximum atomic E-state index is 14.3. The van der Waals surface area contributed by atoms with Gasteiger partial charge in [-0.05, 0) is 77.7 Å². The molecule has 0 bridgehead atoms. The van der Waals surface area contributed by atoms with E-state index in [1.807, 2.05) is 11.0 Å². The molecule has 1 aliphatic heterocycles. The Morgan fingerprint density at radius 2 is 1.80 bits per heavy atom. The van der Waals surface area contributed by atoms with Crippen molar-refractivity contribution in [3.63, 3.8) is 0 Å². The van der Waals surface area contributed by atoms with Gasteiger partial charge in [-0.2, -0.15) is 0 Å². The molecule has 0 radical (unpaired) electrons. The van der Waals surface area contributed by atoms with Gasteiger partial charge in [0, 0.05) is 24.8 Å². The number of ether oxygens (including phenoxy) is 1. The molecule has 2 fully saturated rings. The number of nitrogens with zero attached hydrogens (tertiary/aromatic N) is 3. The maximum absolute atomic E-state index is 14.3. The molecule has 1 saturated heterocycles. The van der Waals surface area contributed by atoms with E-state index >= 15 is 0 Å². The molecule has 2 N–H and O–H groups in total. The van der Waals surface area contributed by atoms with Gasteiger partial charge in [-0.25, -0.2) is 9.78 Å². The van der Waals surface area contributed by atoms with E-state index in [0.29, 0.717) is 6.54 Å². The second-order valence-corrected chi connectivity index (χ2v) is 12.9. The third kappa shape index (κ3) is 6.28. The molecule has 1 unspecified atom stereocenters. The van der Waals surface area contributed by atoms with Crippen LogP contribution >= 0.6 is 0 Å². The third-order valence-electron chi connectivity index (χ3n) is 8.89. The summed E-state index contributed by atoms with van der Waals surface area (Å²) < 4.78 is 5.46. The predicted octanol–water partition coefficient (Wildman–Crippen LogP) is 5.16. The number of aromatic nitrogens is 2. The molecule has 2 heterocycles. The van der Waals surface area contributed by atoms with Gasteiger partial charge < -0.3 is 19.9 Å². The molecule has 9 nitrogen and oxygen atoms in total. The van der Waals surface area contributed by atoms with E-state index in [9.17, 15) is 14.4 Å². The molecule has 222 valence electrons. The molecule has 3 atom stereocenters. The SMILES string of the molecule is C[C@@H](C(=O)N[C@H](C(=O)N1CCCC1c1nc2c([nH]1)CCc1ccccc1-2)C1CCCCC1)N(C)C(=O)OC(C)(C)C. The molecule has 3 amide bonds. The van der Waals surface area contributed by atoms with Crippen LogP contribution in [-0.4, -0.2) is 69.0 Å². The number of amides is 3. The van der Waals surface area contributed by atoms with E-state index in [-0.39, 0.29) is 23.8 Å². The van der Waals surface area contributed by atoms with Gasteiger partial charge in [0.2, 0.25) is 11.8 Å². The Balaban J connectivity index is 1.35. The van der Waals surface area contributed by atoms with Crippen molar-refractivity contribution in [3.8, 4) is 11.3 Å². The van der Waals surface area contributed by atoms with E-state index < -0.39 is 23.8 Å². The third-order valence-corrected chi connectivity index (χ3v) is 8.89. The fourth-order valence-electron chi connectivity index (χ4n) is 6.50. The van der Waals surface area contributed by atoms with Gasteiger partial charge in [-0.15, -0.1) is 0 Å². The predicted molar refractivity (Wildman–Crippen MR) is 157 cm³/mol. The van der Waals surface area contributed by atoms with Crippen LogP contribution in [0.1, 0.15) is 95.8 Å². The highest BCUT2D eigenvalue weighted by molar-refractivity contribution is 5.91. The normalized spacial score (nSPS) is 20.5. The van der Waals surface area contributed by atoms with Gasteiger partial charge in [0.25, 0.3) is 0 Å². The lowest BCUT2D eigenvalue weighted by atomic mass is 9.83. The Morgan fingerprint density at radius 3 is 2.54 bits per heavy atom. The number of aromatic amines is 1. The van der Waals surface area contributed by atoms with Crippen molar-refractivity contribution in [3.05, 3.63) is 41.3 Å². The van der Waals surface area contributed by atoms with Crippen molar-refractivity contribution < 1.29 is 19.1 Å². The van der Waals surface area contributed by atoms with E-state index in [1.54, 1.807) is 34.7 Å². The smallest absolute Gasteiger partial charge is 0.410 e. The molecule has 2 aromatic rings. The highest BCUT2D eigenvalue weighted by atomic mass is 16.6. The molecule has 1 aromatic carbocycles. The number of H-pyrrole nitrogens is 1. The maximum Gasteiger partial charge on any atom is 0.410 e. The number of nitrogens with one attached hydrogen (secondary N) is 2. The number of carbonyl (C=O) groups excluding carboxylic acids is 3. The number of likely N-dealkylation sites (N-methyl/N-ethyl adjacent to an activating group) is 1. The lowest BCUT2D eigenvalue weighted by Crippen LogP contribution is -2.56. The lowest BCUT2D eigenvalue weighted by Gasteiger charge is -2.36. The Kier molecular flexibility index (Phi) is 8.43. The monoisotopic (exact) mass is 563 g/mol. The second kappa shape index (κ2) is 11.9. The number of imidazole rings is 1. The summed E-state index contributed by atoms with van der Waals surface area (Å²) in [4.78, 5) is 52.2. The Bertz CT molecular complexity index is 1280. The highest BCUT2D eigenvalue weighted by Gasteiger charge is 2.41. The number of likely N-dealkylation sites (tertiary alicyclic amines) is 1. The summed E-state index contributed by atoms with van der Waals surface area (Å²) in [6.45, 7) is 7.69. The summed E-state index contributed by atoms with van der Waals surface area (Å²) >= 11 is 0. The minimum Gasteiger partial charge on any atom is -0.444 e. The Morgan fingerprint density at radius 1 is 1.07 bits per heavy atom. The van der Waals surface area contributed by atoms with Crippen LogP contribution in [0.2, 0.25) is 0 Å². The van der Waals surface area contributed by atoms with Gasteiger partial charge in [0.15, 0.2) is 0 Å². The molecular weight excluding hydrogens is 518 g/mol. The molecule has 2 aliphatic carbocycles. The van der Waals surface area contributed by atoms with Crippen molar-refractivity contribution in [2.75, 3.05) is 13.6 Å². The first-order valence-corrected chi connectivity index (χ1v) is 15.3. The molecule has 1 aromatic heterocycles. The second-order valence-electron chi connectivity index (χ2n) is 12.9. The number of rotatable bonds is 6. The number of aryl methyl sites for hydroxylation is 2. The number of benzene rings is 1. The van der Waals surface area contributed by atoms with Crippen molar-refractivity contribution in [2.24, 2.45) is 5.92 Å². The Hall–Kier alpha value is -3.36. The summed E-state index contributed by atoms with van der Waals surface area (Å²) in [5.74, 6) is 0.513. The first kappa shape index (κ1) is 29.1. The van der Waals surface area contributed by atoms with Crippen molar-refractivity contribution >= 4 is 17.9 Å². The topological polar surface area (TPSA) is 108 Å². The van der Waals surface area contributed by atoms with Crippen LogP contribution in [0, 0.1) is 5.92 Å². The summed E-state index contributed by atoms with van der Waals surface area (Å²) in [5, 5.41) is 3.09. The summed E-state index contributed by atoms with van der Waals surface area (Å²) in [5.41, 5.74) is 3.94. The zero-order chi connectivity index (χ0) is 29.3. The average molecular weight is 564 g/mol. The van der Waals surface area contributed by atoms with Gasteiger partial charge in [-0.1, -0.05) is 43.5 Å². The van der Waals surface area contributed by atoms with Crippen LogP contribution in [-0.2, 0) is 27.2 Å².